The zero-order chi connectivity index (χ0) is 16.8. The maximum Gasteiger partial charge on any atom is 0.310 e. The van der Waals surface area contributed by atoms with E-state index in [0.717, 1.165) is 11.1 Å². The number of hydrogen-bond donors (Lipinski definition) is 0. The molecule has 0 bridgehead atoms. The average molecular weight is 312 g/mol. The van der Waals surface area contributed by atoms with E-state index in [2.05, 4.69) is 0 Å². The summed E-state index contributed by atoms with van der Waals surface area (Å²) >= 11 is 0. The highest BCUT2D eigenvalue weighted by molar-refractivity contribution is 5.79. The molecule has 0 aromatic heterocycles. The van der Waals surface area contributed by atoms with E-state index in [-0.39, 0.29) is 11.9 Å². The summed E-state index contributed by atoms with van der Waals surface area (Å²) < 4.78 is 10.6. The van der Waals surface area contributed by atoms with Crippen molar-refractivity contribution < 1.29 is 19.1 Å². The lowest BCUT2D eigenvalue weighted by Gasteiger charge is -2.12. The summed E-state index contributed by atoms with van der Waals surface area (Å²) in [5, 5.41) is 0. The zero-order valence-corrected chi connectivity index (χ0v) is 13.6. The fourth-order valence-corrected chi connectivity index (χ4v) is 2.02. The third kappa shape index (κ3) is 4.42. The van der Waals surface area contributed by atoms with Gasteiger partial charge in [-0.25, -0.2) is 0 Å². The first-order valence-electron chi connectivity index (χ1n) is 7.66. The minimum atomic E-state index is -0.309. The van der Waals surface area contributed by atoms with Crippen LogP contribution >= 0.6 is 0 Å². The largest absolute Gasteiger partial charge is 0.427 e. The van der Waals surface area contributed by atoms with E-state index in [0.29, 0.717) is 29.9 Å². The van der Waals surface area contributed by atoms with Crippen molar-refractivity contribution in [3.05, 3.63) is 48.0 Å². The van der Waals surface area contributed by atoms with Crippen molar-refractivity contribution in [2.75, 3.05) is 0 Å². The topological polar surface area (TPSA) is 52.6 Å². The molecule has 2 rings (SSSR count). The second kappa shape index (κ2) is 7.58. The summed E-state index contributed by atoms with van der Waals surface area (Å²) in [6.45, 7) is 5.48. The Bertz CT molecular complexity index is 702. The summed E-state index contributed by atoms with van der Waals surface area (Å²) in [7, 11) is 0. The lowest BCUT2D eigenvalue weighted by Crippen LogP contribution is -2.08. The molecule has 2 aromatic rings. The standard InChI is InChI=1S/C19H20O4/c1-4-18(20)22-15-10-11-17(23-19(21)5-2)16(12-15)14-8-6-13(3)7-9-14/h6-12H,4-5H2,1-3H3. The van der Waals surface area contributed by atoms with Crippen LogP contribution in [0.4, 0.5) is 0 Å². The van der Waals surface area contributed by atoms with Gasteiger partial charge >= 0.3 is 11.9 Å². The lowest BCUT2D eigenvalue weighted by atomic mass is 10.0. The molecular formula is C19H20O4. The Morgan fingerprint density at radius 2 is 1.48 bits per heavy atom. The summed E-state index contributed by atoms with van der Waals surface area (Å²) in [4.78, 5) is 23.1. The third-order valence-electron chi connectivity index (χ3n) is 3.35. The Balaban J connectivity index is 2.43. The number of carbonyl (C=O) groups excluding carboxylic acids is 2. The van der Waals surface area contributed by atoms with Gasteiger partial charge in [0.25, 0.3) is 0 Å². The van der Waals surface area contributed by atoms with Gasteiger partial charge in [0.15, 0.2) is 0 Å². The van der Waals surface area contributed by atoms with Crippen LogP contribution in [0.5, 0.6) is 11.5 Å². The molecule has 0 amide bonds. The van der Waals surface area contributed by atoms with Gasteiger partial charge in [-0.1, -0.05) is 43.7 Å². The first-order chi connectivity index (χ1) is 11.0. The molecule has 2 aromatic carbocycles. The molecule has 23 heavy (non-hydrogen) atoms. The van der Waals surface area contributed by atoms with E-state index in [9.17, 15) is 9.59 Å². The molecule has 4 heteroatoms. The Hall–Kier alpha value is -2.62. The van der Waals surface area contributed by atoms with Crippen LogP contribution < -0.4 is 9.47 Å². The van der Waals surface area contributed by atoms with Crippen LogP contribution in [0, 0.1) is 6.92 Å². The molecule has 0 heterocycles. The molecule has 0 fully saturated rings. The number of carbonyl (C=O) groups is 2. The van der Waals surface area contributed by atoms with Gasteiger partial charge in [-0.2, -0.15) is 0 Å². The van der Waals surface area contributed by atoms with Crippen molar-refractivity contribution in [3.8, 4) is 22.6 Å². The first kappa shape index (κ1) is 16.7. The average Bonchev–Trinajstić information content (AvgIpc) is 2.56. The SMILES string of the molecule is CCC(=O)Oc1ccc(OC(=O)CC)c(-c2ccc(C)cc2)c1. The number of hydrogen-bond acceptors (Lipinski definition) is 4. The van der Waals surface area contributed by atoms with Crippen molar-refractivity contribution in [2.45, 2.75) is 33.6 Å². The van der Waals surface area contributed by atoms with Crippen LogP contribution in [0.15, 0.2) is 42.5 Å². The van der Waals surface area contributed by atoms with Gasteiger partial charge in [0.1, 0.15) is 11.5 Å². The molecule has 0 aliphatic carbocycles. The molecule has 0 saturated carbocycles. The third-order valence-corrected chi connectivity index (χ3v) is 3.35. The fourth-order valence-electron chi connectivity index (χ4n) is 2.02. The Labute approximate surface area is 136 Å². The highest BCUT2D eigenvalue weighted by atomic mass is 16.5. The number of ether oxygens (including phenoxy) is 2. The molecule has 0 spiro atoms. The Kier molecular flexibility index (Phi) is 5.52. The summed E-state index contributed by atoms with van der Waals surface area (Å²) in [6.07, 6.45) is 0.590. The van der Waals surface area contributed by atoms with Gasteiger partial charge in [-0.3, -0.25) is 9.59 Å². The van der Waals surface area contributed by atoms with Gasteiger partial charge in [0, 0.05) is 18.4 Å². The molecule has 4 nitrogen and oxygen atoms in total. The van der Waals surface area contributed by atoms with Crippen LogP contribution in [-0.4, -0.2) is 11.9 Å². The highest BCUT2D eigenvalue weighted by Crippen LogP contribution is 2.34. The fraction of sp³-hybridized carbons (Fsp3) is 0.263. The van der Waals surface area contributed by atoms with Crippen molar-refractivity contribution in [1.82, 2.24) is 0 Å². The number of aryl methyl sites for hydroxylation is 1. The van der Waals surface area contributed by atoms with Gasteiger partial charge in [0.05, 0.1) is 0 Å². The molecule has 120 valence electrons. The van der Waals surface area contributed by atoms with Crippen LogP contribution in [-0.2, 0) is 9.59 Å². The van der Waals surface area contributed by atoms with Gasteiger partial charge in [0.2, 0.25) is 0 Å². The van der Waals surface area contributed by atoms with Crippen LogP contribution in [0.2, 0.25) is 0 Å². The van der Waals surface area contributed by atoms with E-state index < -0.39 is 0 Å². The number of esters is 2. The normalized spacial score (nSPS) is 10.2. The second-order valence-corrected chi connectivity index (χ2v) is 5.18. The molecule has 0 radical (unpaired) electrons. The van der Waals surface area contributed by atoms with Gasteiger partial charge < -0.3 is 9.47 Å². The maximum atomic E-state index is 11.6. The quantitative estimate of drug-likeness (QED) is 0.610. The van der Waals surface area contributed by atoms with Crippen molar-refractivity contribution >= 4 is 11.9 Å². The van der Waals surface area contributed by atoms with Crippen LogP contribution in [0.1, 0.15) is 32.3 Å². The van der Waals surface area contributed by atoms with Crippen LogP contribution in [0.25, 0.3) is 11.1 Å². The Morgan fingerprint density at radius 3 is 2.09 bits per heavy atom. The molecular weight excluding hydrogens is 292 g/mol. The monoisotopic (exact) mass is 312 g/mol. The lowest BCUT2D eigenvalue weighted by molar-refractivity contribution is -0.135. The minimum Gasteiger partial charge on any atom is -0.427 e. The number of benzene rings is 2. The van der Waals surface area contributed by atoms with E-state index >= 15 is 0 Å². The Morgan fingerprint density at radius 1 is 0.870 bits per heavy atom. The van der Waals surface area contributed by atoms with Crippen LogP contribution in [0.3, 0.4) is 0 Å². The predicted molar refractivity (Wildman–Crippen MR) is 88.5 cm³/mol. The van der Waals surface area contributed by atoms with Crippen molar-refractivity contribution in [3.63, 3.8) is 0 Å². The van der Waals surface area contributed by atoms with E-state index in [1.807, 2.05) is 31.2 Å². The smallest absolute Gasteiger partial charge is 0.310 e. The second-order valence-electron chi connectivity index (χ2n) is 5.18. The molecule has 0 aliphatic rings. The molecule has 0 aliphatic heterocycles. The molecule has 0 unspecified atom stereocenters. The summed E-state index contributed by atoms with van der Waals surface area (Å²) in [5.41, 5.74) is 2.74. The highest BCUT2D eigenvalue weighted by Gasteiger charge is 2.13. The summed E-state index contributed by atoms with van der Waals surface area (Å²) in [6, 6.07) is 12.8. The van der Waals surface area contributed by atoms with E-state index in [1.165, 1.54) is 0 Å². The van der Waals surface area contributed by atoms with E-state index in [4.69, 9.17) is 9.47 Å². The molecule has 0 atom stereocenters. The minimum absolute atomic E-state index is 0.292. The van der Waals surface area contributed by atoms with Crippen molar-refractivity contribution in [1.29, 1.82) is 0 Å². The predicted octanol–water partition coefficient (Wildman–Crippen LogP) is 4.29. The first-order valence-corrected chi connectivity index (χ1v) is 7.66. The zero-order valence-electron chi connectivity index (χ0n) is 13.6. The van der Waals surface area contributed by atoms with Gasteiger partial charge in [-0.05, 0) is 30.7 Å². The van der Waals surface area contributed by atoms with E-state index in [1.54, 1.807) is 32.0 Å². The summed E-state index contributed by atoms with van der Waals surface area (Å²) in [5.74, 6) is 0.274. The maximum absolute atomic E-state index is 11.6. The van der Waals surface area contributed by atoms with Gasteiger partial charge in [-0.15, -0.1) is 0 Å². The molecule has 0 saturated heterocycles. The number of rotatable bonds is 5. The molecule has 0 N–H and O–H groups in total. The van der Waals surface area contributed by atoms with Crippen molar-refractivity contribution in [2.24, 2.45) is 0 Å².